The summed E-state index contributed by atoms with van der Waals surface area (Å²) in [4.78, 5) is 20.5. The van der Waals surface area contributed by atoms with Gasteiger partial charge in [-0.3, -0.25) is 9.36 Å². The van der Waals surface area contributed by atoms with Crippen molar-refractivity contribution in [2.75, 3.05) is 19.0 Å². The van der Waals surface area contributed by atoms with E-state index in [4.69, 9.17) is 14.5 Å². The van der Waals surface area contributed by atoms with Gasteiger partial charge in [0.05, 0.1) is 24.3 Å². The number of rotatable bonds is 8. The molecule has 0 N–H and O–H groups in total. The summed E-state index contributed by atoms with van der Waals surface area (Å²) < 4.78 is 27.5. The van der Waals surface area contributed by atoms with E-state index in [1.807, 2.05) is 31.2 Å². The number of aryl methyl sites for hydroxylation is 2. The summed E-state index contributed by atoms with van der Waals surface area (Å²) in [6.07, 6.45) is 4.06. The zero-order valence-corrected chi connectivity index (χ0v) is 20.5. The molecule has 5 nitrogen and oxygen atoms in total. The van der Waals surface area contributed by atoms with Crippen LogP contribution in [0.3, 0.4) is 0 Å². The van der Waals surface area contributed by atoms with Crippen molar-refractivity contribution in [3.05, 3.63) is 75.1 Å². The summed E-state index contributed by atoms with van der Waals surface area (Å²) in [5.41, 5.74) is 1.14. The monoisotopic (exact) mass is 496 g/mol. The van der Waals surface area contributed by atoms with E-state index in [0.29, 0.717) is 29.5 Å². The molecule has 8 heteroatoms. The van der Waals surface area contributed by atoms with Crippen molar-refractivity contribution in [3.63, 3.8) is 0 Å². The number of halogens is 1. The SMILES string of the molecule is CCOc1ccc(OCCSc2nc3sc4c(c3c(=O)n2-c2ccccc2F)CCCC4)cc1. The number of para-hydroxylation sites is 1. The topological polar surface area (TPSA) is 53.4 Å². The number of ether oxygens (including phenoxy) is 2. The summed E-state index contributed by atoms with van der Waals surface area (Å²) in [5.74, 6) is 1.66. The highest BCUT2D eigenvalue weighted by Crippen LogP contribution is 2.35. The Kier molecular flexibility index (Phi) is 6.87. The highest BCUT2D eigenvalue weighted by atomic mass is 32.2. The second kappa shape index (κ2) is 10.2. The Morgan fingerprint density at radius 2 is 1.79 bits per heavy atom. The number of thiophene rings is 1. The fourth-order valence-electron chi connectivity index (χ4n) is 4.22. The minimum atomic E-state index is -0.442. The van der Waals surface area contributed by atoms with Crippen LogP contribution in [0.2, 0.25) is 0 Å². The van der Waals surface area contributed by atoms with E-state index in [1.54, 1.807) is 29.5 Å². The van der Waals surface area contributed by atoms with Crippen LogP contribution in [-0.2, 0) is 12.8 Å². The van der Waals surface area contributed by atoms with E-state index in [2.05, 4.69) is 0 Å². The van der Waals surface area contributed by atoms with E-state index in [1.165, 1.54) is 27.3 Å². The number of hydrogen-bond donors (Lipinski definition) is 0. The van der Waals surface area contributed by atoms with Crippen molar-refractivity contribution in [2.24, 2.45) is 0 Å². The van der Waals surface area contributed by atoms with Crippen molar-refractivity contribution < 1.29 is 13.9 Å². The first-order valence-corrected chi connectivity index (χ1v) is 13.3. The number of thioether (sulfide) groups is 1. The predicted octanol–water partition coefficient (Wildman–Crippen LogP) is 6.03. The summed E-state index contributed by atoms with van der Waals surface area (Å²) in [6.45, 7) is 2.98. The third kappa shape index (κ3) is 4.57. The number of nitrogens with zero attached hydrogens (tertiary/aromatic N) is 2. The standard InChI is InChI=1S/C26H25FN2O3S2/c1-2-31-17-11-13-18(14-12-17)32-15-16-33-26-28-24-23(19-7-3-6-10-22(19)34-24)25(30)29(26)21-9-5-4-8-20(21)27/h4-5,8-9,11-14H,2-3,6-7,10,15-16H2,1H3. The van der Waals surface area contributed by atoms with Gasteiger partial charge in [0.15, 0.2) is 5.16 Å². The molecular formula is C26H25FN2O3S2. The summed E-state index contributed by atoms with van der Waals surface area (Å²) >= 11 is 3.00. The largest absolute Gasteiger partial charge is 0.494 e. The average Bonchev–Trinajstić information content (AvgIpc) is 3.22. The highest BCUT2D eigenvalue weighted by molar-refractivity contribution is 7.99. The fraction of sp³-hybridized carbons (Fsp3) is 0.308. The van der Waals surface area contributed by atoms with Gasteiger partial charge in [-0.2, -0.15) is 0 Å². The van der Waals surface area contributed by atoms with Crippen molar-refractivity contribution in [3.8, 4) is 17.2 Å². The van der Waals surface area contributed by atoms with E-state index < -0.39 is 5.82 Å². The van der Waals surface area contributed by atoms with Crippen LogP contribution in [0.25, 0.3) is 15.9 Å². The molecule has 2 heterocycles. The van der Waals surface area contributed by atoms with E-state index >= 15 is 0 Å². The fourth-order valence-corrected chi connectivity index (χ4v) is 6.34. The Morgan fingerprint density at radius 1 is 1.06 bits per heavy atom. The van der Waals surface area contributed by atoms with Crippen LogP contribution in [0.5, 0.6) is 11.5 Å². The van der Waals surface area contributed by atoms with E-state index in [-0.39, 0.29) is 11.2 Å². The molecule has 2 aromatic carbocycles. The third-order valence-corrected chi connectivity index (χ3v) is 7.86. The second-order valence-electron chi connectivity index (χ2n) is 7.98. The van der Waals surface area contributed by atoms with Gasteiger partial charge in [-0.15, -0.1) is 11.3 Å². The zero-order chi connectivity index (χ0) is 23.5. The second-order valence-corrected chi connectivity index (χ2v) is 10.1. The van der Waals surface area contributed by atoms with Gasteiger partial charge in [0.1, 0.15) is 22.1 Å². The highest BCUT2D eigenvalue weighted by Gasteiger charge is 2.23. The van der Waals surface area contributed by atoms with Gasteiger partial charge in [0.25, 0.3) is 5.56 Å². The Labute approximate surface area is 205 Å². The zero-order valence-electron chi connectivity index (χ0n) is 18.9. The molecule has 2 aromatic heterocycles. The predicted molar refractivity (Wildman–Crippen MR) is 136 cm³/mol. The molecule has 0 saturated carbocycles. The smallest absolute Gasteiger partial charge is 0.267 e. The molecule has 0 unspecified atom stereocenters. The Morgan fingerprint density at radius 3 is 2.56 bits per heavy atom. The minimum Gasteiger partial charge on any atom is -0.494 e. The molecule has 5 rings (SSSR count). The summed E-state index contributed by atoms with van der Waals surface area (Å²) in [6, 6.07) is 13.8. The maximum atomic E-state index is 14.8. The van der Waals surface area contributed by atoms with Crippen molar-refractivity contribution in [1.82, 2.24) is 9.55 Å². The molecule has 0 amide bonds. The molecule has 0 atom stereocenters. The first-order valence-electron chi connectivity index (χ1n) is 11.5. The molecule has 1 aliphatic carbocycles. The molecule has 0 fully saturated rings. The summed E-state index contributed by atoms with van der Waals surface area (Å²) in [7, 11) is 0. The van der Waals surface area contributed by atoms with Gasteiger partial charge in [-0.05, 0) is 74.6 Å². The van der Waals surface area contributed by atoms with Gasteiger partial charge in [0.2, 0.25) is 0 Å². The third-order valence-electron chi connectivity index (χ3n) is 5.77. The Hall–Kier alpha value is -2.84. The van der Waals surface area contributed by atoms with Gasteiger partial charge in [-0.1, -0.05) is 23.9 Å². The van der Waals surface area contributed by atoms with Crippen LogP contribution in [0.4, 0.5) is 4.39 Å². The van der Waals surface area contributed by atoms with Crippen LogP contribution < -0.4 is 15.0 Å². The molecule has 0 radical (unpaired) electrons. The van der Waals surface area contributed by atoms with Crippen LogP contribution >= 0.6 is 23.1 Å². The van der Waals surface area contributed by atoms with Gasteiger partial charge in [0, 0.05) is 10.6 Å². The lowest BCUT2D eigenvalue weighted by molar-refractivity contribution is 0.332. The molecular weight excluding hydrogens is 471 g/mol. The van der Waals surface area contributed by atoms with Gasteiger partial charge < -0.3 is 9.47 Å². The molecule has 0 saturated heterocycles. The van der Waals surface area contributed by atoms with Crippen LogP contribution in [0, 0.1) is 5.82 Å². The summed E-state index contributed by atoms with van der Waals surface area (Å²) in [5, 5.41) is 1.13. The van der Waals surface area contributed by atoms with Crippen LogP contribution in [0.15, 0.2) is 58.5 Å². The molecule has 176 valence electrons. The number of fused-ring (bicyclic) bond motifs is 3. The maximum Gasteiger partial charge on any atom is 0.267 e. The van der Waals surface area contributed by atoms with E-state index in [9.17, 15) is 9.18 Å². The number of benzene rings is 2. The lowest BCUT2D eigenvalue weighted by Gasteiger charge is -2.14. The lowest BCUT2D eigenvalue weighted by Crippen LogP contribution is -2.23. The molecule has 1 aliphatic rings. The van der Waals surface area contributed by atoms with Crippen molar-refractivity contribution in [1.29, 1.82) is 0 Å². The lowest BCUT2D eigenvalue weighted by atomic mass is 9.97. The molecule has 0 bridgehead atoms. The normalized spacial score (nSPS) is 13.1. The maximum absolute atomic E-state index is 14.8. The number of hydrogen-bond acceptors (Lipinski definition) is 6. The van der Waals surface area contributed by atoms with Crippen molar-refractivity contribution in [2.45, 2.75) is 37.8 Å². The van der Waals surface area contributed by atoms with Crippen LogP contribution in [-0.4, -0.2) is 28.5 Å². The Balaban J connectivity index is 1.43. The first-order chi connectivity index (χ1) is 16.7. The quantitative estimate of drug-likeness (QED) is 0.169. The molecule has 0 spiro atoms. The van der Waals surface area contributed by atoms with Crippen LogP contribution in [0.1, 0.15) is 30.2 Å². The molecule has 4 aromatic rings. The molecule has 34 heavy (non-hydrogen) atoms. The first kappa shape index (κ1) is 22.9. The van der Waals surface area contributed by atoms with Gasteiger partial charge >= 0.3 is 0 Å². The minimum absolute atomic E-state index is 0.190. The van der Waals surface area contributed by atoms with Crippen molar-refractivity contribution >= 4 is 33.3 Å². The number of aromatic nitrogens is 2. The Bertz CT molecular complexity index is 1370. The average molecular weight is 497 g/mol. The van der Waals surface area contributed by atoms with Gasteiger partial charge in [-0.25, -0.2) is 9.37 Å². The van der Waals surface area contributed by atoms with E-state index in [0.717, 1.165) is 47.6 Å². The molecule has 0 aliphatic heterocycles.